The first-order valence-electron chi connectivity index (χ1n) is 9.68. The summed E-state index contributed by atoms with van der Waals surface area (Å²) >= 11 is 7.50. The van der Waals surface area contributed by atoms with Crippen molar-refractivity contribution in [1.82, 2.24) is 9.78 Å². The molecule has 2 aromatic carbocycles. The highest BCUT2D eigenvalue weighted by molar-refractivity contribution is 7.99. The van der Waals surface area contributed by atoms with Crippen LogP contribution in [0.25, 0.3) is 0 Å². The molecule has 0 saturated heterocycles. The summed E-state index contributed by atoms with van der Waals surface area (Å²) in [7, 11) is 0. The maximum Gasteiger partial charge on any atom is 0.348 e. The maximum atomic E-state index is 13.1. The second-order valence-corrected chi connectivity index (χ2v) is 9.20. The van der Waals surface area contributed by atoms with Crippen LogP contribution in [0.3, 0.4) is 0 Å². The fourth-order valence-corrected chi connectivity index (χ4v) is 3.87. The van der Waals surface area contributed by atoms with Crippen molar-refractivity contribution in [3.63, 3.8) is 0 Å². The van der Waals surface area contributed by atoms with Gasteiger partial charge in [-0.05, 0) is 71.0 Å². The van der Waals surface area contributed by atoms with Crippen LogP contribution in [-0.2, 0) is 5.54 Å². The Balaban J connectivity index is 2.02. The molecule has 0 fully saturated rings. The van der Waals surface area contributed by atoms with Gasteiger partial charge in [0.05, 0.1) is 22.7 Å². The fraction of sp³-hybridized carbons (Fsp3) is 0.304. The Hall–Kier alpha value is -2.44. The van der Waals surface area contributed by atoms with Gasteiger partial charge in [-0.2, -0.15) is 5.10 Å². The van der Waals surface area contributed by atoms with Gasteiger partial charge in [0.1, 0.15) is 11.3 Å². The zero-order valence-corrected chi connectivity index (χ0v) is 19.3. The summed E-state index contributed by atoms with van der Waals surface area (Å²) in [6.07, 6.45) is 0. The molecule has 0 N–H and O–H groups in total. The maximum absolute atomic E-state index is 13.1. The van der Waals surface area contributed by atoms with E-state index in [0.717, 1.165) is 15.5 Å². The van der Waals surface area contributed by atoms with Gasteiger partial charge < -0.3 is 9.47 Å². The molecule has 5 nitrogen and oxygen atoms in total. The molecule has 0 atom stereocenters. The van der Waals surface area contributed by atoms with Crippen LogP contribution in [-0.4, -0.2) is 22.4 Å². The smallest absolute Gasteiger partial charge is 0.348 e. The average Bonchev–Trinajstić information content (AvgIpc) is 3.00. The summed E-state index contributed by atoms with van der Waals surface area (Å²) in [4.78, 5) is 14.8. The van der Waals surface area contributed by atoms with Crippen molar-refractivity contribution < 1.29 is 14.3 Å². The number of aromatic nitrogens is 2. The normalized spacial score (nSPS) is 11.4. The fourth-order valence-electron chi connectivity index (χ4n) is 2.83. The van der Waals surface area contributed by atoms with E-state index in [2.05, 4.69) is 5.10 Å². The average molecular weight is 445 g/mol. The van der Waals surface area contributed by atoms with Gasteiger partial charge in [0.2, 0.25) is 5.88 Å². The van der Waals surface area contributed by atoms with E-state index in [0.29, 0.717) is 28.8 Å². The van der Waals surface area contributed by atoms with E-state index < -0.39 is 5.97 Å². The van der Waals surface area contributed by atoms with Crippen molar-refractivity contribution in [3.05, 3.63) is 64.8 Å². The van der Waals surface area contributed by atoms with Crippen LogP contribution in [0.15, 0.2) is 58.3 Å². The number of rotatable bonds is 6. The van der Waals surface area contributed by atoms with Crippen molar-refractivity contribution in [2.75, 3.05) is 6.61 Å². The summed E-state index contributed by atoms with van der Waals surface area (Å²) < 4.78 is 13.3. The summed E-state index contributed by atoms with van der Waals surface area (Å²) in [5.41, 5.74) is 0.783. The van der Waals surface area contributed by atoms with Crippen LogP contribution >= 0.6 is 23.4 Å². The van der Waals surface area contributed by atoms with Crippen molar-refractivity contribution in [2.45, 2.75) is 49.9 Å². The van der Waals surface area contributed by atoms with E-state index in [-0.39, 0.29) is 5.54 Å². The van der Waals surface area contributed by atoms with Gasteiger partial charge in [-0.1, -0.05) is 35.5 Å². The van der Waals surface area contributed by atoms with Crippen LogP contribution in [0, 0.1) is 6.92 Å². The second-order valence-electron chi connectivity index (χ2n) is 7.68. The third kappa shape index (κ3) is 4.99. The largest absolute Gasteiger partial charge is 0.493 e. The summed E-state index contributed by atoms with van der Waals surface area (Å²) in [6.45, 7) is 10.3. The van der Waals surface area contributed by atoms with Gasteiger partial charge in [-0.25, -0.2) is 9.48 Å². The van der Waals surface area contributed by atoms with Gasteiger partial charge in [-0.3, -0.25) is 0 Å². The highest BCUT2D eigenvalue weighted by Gasteiger charge is 2.28. The topological polar surface area (TPSA) is 53.4 Å². The number of ether oxygens (including phenoxy) is 2. The third-order valence-electron chi connectivity index (χ3n) is 4.23. The number of nitrogens with zero attached hydrogens (tertiary/aromatic N) is 2. The molecule has 0 spiro atoms. The zero-order chi connectivity index (χ0) is 21.9. The van der Waals surface area contributed by atoms with Crippen LogP contribution in [0.1, 0.15) is 43.7 Å². The molecule has 0 saturated carbocycles. The monoisotopic (exact) mass is 444 g/mol. The number of benzene rings is 2. The van der Waals surface area contributed by atoms with Crippen molar-refractivity contribution in [2.24, 2.45) is 0 Å². The Bertz CT molecular complexity index is 1040. The summed E-state index contributed by atoms with van der Waals surface area (Å²) in [6, 6.07) is 14.6. The van der Waals surface area contributed by atoms with Crippen molar-refractivity contribution in [3.8, 4) is 11.6 Å². The Morgan fingerprint density at radius 3 is 2.43 bits per heavy atom. The highest BCUT2D eigenvalue weighted by atomic mass is 35.5. The van der Waals surface area contributed by atoms with E-state index >= 15 is 0 Å². The van der Waals surface area contributed by atoms with Crippen LogP contribution in [0.2, 0.25) is 5.02 Å². The van der Waals surface area contributed by atoms with Crippen LogP contribution < -0.4 is 9.47 Å². The molecule has 0 bridgehead atoms. The first kappa shape index (κ1) is 22.2. The van der Waals surface area contributed by atoms with Gasteiger partial charge in [0, 0.05) is 9.92 Å². The minimum atomic E-state index is -0.484. The minimum absolute atomic E-state index is 0.376. The molecule has 3 rings (SSSR count). The van der Waals surface area contributed by atoms with E-state index in [1.165, 1.54) is 11.8 Å². The molecule has 0 radical (unpaired) electrons. The number of carbonyl (C=O) groups excluding carboxylic acids is 1. The predicted molar refractivity (Wildman–Crippen MR) is 120 cm³/mol. The first-order valence-corrected chi connectivity index (χ1v) is 10.9. The standard InChI is InChI=1S/C23H25ClN2O3S/c1-6-28-19-10-8-7-9-18(19)22(27)29-21-20(15(2)25-26(21)23(3,4)5)30-17-13-11-16(24)12-14-17/h7-14H,6H2,1-5H3. The molecule has 0 aliphatic heterocycles. The van der Waals surface area contributed by atoms with Crippen LogP contribution in [0.4, 0.5) is 0 Å². The quantitative estimate of drug-likeness (QED) is 0.413. The Morgan fingerprint density at radius 1 is 1.13 bits per heavy atom. The molecule has 1 aromatic heterocycles. The minimum Gasteiger partial charge on any atom is -0.493 e. The molecular formula is C23H25ClN2O3S. The summed E-state index contributed by atoms with van der Waals surface area (Å²) in [5.74, 6) is 0.425. The number of hydrogen-bond donors (Lipinski definition) is 0. The molecule has 30 heavy (non-hydrogen) atoms. The number of carbonyl (C=O) groups is 1. The van der Waals surface area contributed by atoms with E-state index in [1.807, 2.05) is 65.0 Å². The van der Waals surface area contributed by atoms with E-state index in [9.17, 15) is 4.79 Å². The third-order valence-corrected chi connectivity index (χ3v) is 5.66. The number of para-hydroxylation sites is 1. The second kappa shape index (κ2) is 9.14. The molecule has 0 unspecified atom stereocenters. The number of hydrogen-bond acceptors (Lipinski definition) is 5. The Labute approximate surface area is 186 Å². The molecule has 0 aliphatic carbocycles. The van der Waals surface area contributed by atoms with Gasteiger partial charge in [0.15, 0.2) is 0 Å². The lowest BCUT2D eigenvalue weighted by Crippen LogP contribution is -2.25. The number of aryl methyl sites for hydroxylation is 1. The highest BCUT2D eigenvalue weighted by Crippen LogP contribution is 2.40. The van der Waals surface area contributed by atoms with Gasteiger partial charge >= 0.3 is 5.97 Å². The van der Waals surface area contributed by atoms with E-state index in [4.69, 9.17) is 21.1 Å². The lowest BCUT2D eigenvalue weighted by Gasteiger charge is -2.22. The molecule has 1 heterocycles. The predicted octanol–water partition coefficient (Wildman–Crippen LogP) is 6.37. The first-order chi connectivity index (χ1) is 14.2. The molecule has 0 amide bonds. The molecule has 3 aromatic rings. The zero-order valence-electron chi connectivity index (χ0n) is 17.7. The van der Waals surface area contributed by atoms with E-state index in [1.54, 1.807) is 22.9 Å². The molecule has 158 valence electrons. The van der Waals surface area contributed by atoms with Crippen molar-refractivity contribution in [1.29, 1.82) is 0 Å². The molecular weight excluding hydrogens is 420 g/mol. The van der Waals surface area contributed by atoms with Crippen LogP contribution in [0.5, 0.6) is 11.6 Å². The Morgan fingerprint density at radius 2 is 1.80 bits per heavy atom. The molecule has 7 heteroatoms. The lowest BCUT2D eigenvalue weighted by molar-refractivity contribution is 0.0699. The lowest BCUT2D eigenvalue weighted by atomic mass is 10.1. The molecule has 0 aliphatic rings. The SMILES string of the molecule is CCOc1ccccc1C(=O)Oc1c(Sc2ccc(Cl)cc2)c(C)nn1C(C)(C)C. The summed E-state index contributed by atoms with van der Waals surface area (Å²) in [5, 5.41) is 5.33. The number of halogens is 1. The Kier molecular flexibility index (Phi) is 6.78. The van der Waals surface area contributed by atoms with Gasteiger partial charge in [-0.15, -0.1) is 0 Å². The number of esters is 1. The van der Waals surface area contributed by atoms with Gasteiger partial charge in [0.25, 0.3) is 0 Å². The van der Waals surface area contributed by atoms with Crippen molar-refractivity contribution >= 4 is 29.3 Å².